The molecule has 0 atom stereocenters. The predicted molar refractivity (Wildman–Crippen MR) is 141 cm³/mol. The summed E-state index contributed by atoms with van der Waals surface area (Å²) in [5, 5.41) is 11.8. The van der Waals surface area contributed by atoms with Gasteiger partial charge in [0.2, 0.25) is 10.0 Å². The number of nitro groups is 1. The lowest BCUT2D eigenvalue weighted by molar-refractivity contribution is -0.384. The Morgan fingerprint density at radius 2 is 1.53 bits per heavy atom. The Kier molecular flexibility index (Phi) is 6.44. The van der Waals surface area contributed by atoms with Gasteiger partial charge in [-0.1, -0.05) is 30.3 Å². The summed E-state index contributed by atoms with van der Waals surface area (Å²) in [6.07, 6.45) is 0.840. The van der Waals surface area contributed by atoms with Gasteiger partial charge in [0.05, 0.1) is 9.82 Å². The summed E-state index contributed by atoms with van der Waals surface area (Å²) in [4.78, 5) is 16.0. The van der Waals surface area contributed by atoms with E-state index in [2.05, 4.69) is 21.9 Å². The first-order valence-corrected chi connectivity index (χ1v) is 13.6. The van der Waals surface area contributed by atoms with Gasteiger partial charge in [-0.25, -0.2) is 8.42 Å². The topological polar surface area (TPSA) is 87.0 Å². The van der Waals surface area contributed by atoms with Crippen LogP contribution in [0.3, 0.4) is 0 Å². The van der Waals surface area contributed by atoms with E-state index in [9.17, 15) is 18.5 Å². The van der Waals surface area contributed by atoms with Gasteiger partial charge < -0.3 is 9.80 Å². The molecule has 188 valence electrons. The lowest BCUT2D eigenvalue weighted by atomic mass is 9.99. The fraction of sp³-hybridized carbons (Fsp3) is 0.333. The molecular formula is C27H30N4O4S. The predicted octanol–water partition coefficient (Wildman–Crippen LogP) is 4.29. The number of rotatable bonds is 5. The maximum Gasteiger partial charge on any atom is 0.292 e. The van der Waals surface area contributed by atoms with Gasteiger partial charge in [-0.2, -0.15) is 4.31 Å². The van der Waals surface area contributed by atoms with Crippen molar-refractivity contribution in [2.45, 2.75) is 31.7 Å². The number of sulfonamides is 1. The lowest BCUT2D eigenvalue weighted by Crippen LogP contribution is -2.48. The number of anilines is 2. The summed E-state index contributed by atoms with van der Waals surface area (Å²) in [5.74, 6) is 0. The number of hydrogen-bond donors (Lipinski definition) is 0. The third-order valence-electron chi connectivity index (χ3n) is 7.35. The third kappa shape index (κ3) is 4.56. The Labute approximate surface area is 212 Å². The molecule has 0 unspecified atom stereocenters. The molecule has 0 aromatic heterocycles. The average molecular weight is 507 g/mol. The highest BCUT2D eigenvalue weighted by Crippen LogP contribution is 2.36. The van der Waals surface area contributed by atoms with E-state index in [1.807, 2.05) is 38.1 Å². The van der Waals surface area contributed by atoms with Crippen molar-refractivity contribution in [2.24, 2.45) is 0 Å². The molecule has 3 aromatic carbocycles. The first-order chi connectivity index (χ1) is 17.2. The van der Waals surface area contributed by atoms with Crippen LogP contribution in [0.1, 0.15) is 22.3 Å². The molecule has 0 amide bonds. The fourth-order valence-corrected chi connectivity index (χ4v) is 6.54. The first-order valence-electron chi connectivity index (χ1n) is 12.2. The zero-order valence-electron chi connectivity index (χ0n) is 20.6. The maximum atomic E-state index is 13.2. The molecule has 9 heteroatoms. The molecule has 1 saturated heterocycles. The van der Waals surface area contributed by atoms with Gasteiger partial charge in [-0.15, -0.1) is 0 Å². The molecule has 0 radical (unpaired) electrons. The summed E-state index contributed by atoms with van der Waals surface area (Å²) in [7, 11) is -3.57. The molecule has 1 fully saturated rings. The van der Waals surface area contributed by atoms with Crippen LogP contribution in [0.2, 0.25) is 0 Å². The minimum absolute atomic E-state index is 0.0917. The minimum atomic E-state index is -3.57. The quantitative estimate of drug-likeness (QED) is 0.379. The molecule has 5 rings (SSSR count). The molecule has 36 heavy (non-hydrogen) atoms. The molecule has 0 spiro atoms. The standard InChI is InChI=1S/C27H30N4O4S/c1-20-7-9-25(17-21(20)2)36(34,35)30-15-13-28(14-16-30)24-8-10-26(31(32)33)27(18-24)29-12-11-22-5-3-4-6-23(22)19-29/h3-10,17-18H,11-16,19H2,1-2H3. The normalized spacial score (nSPS) is 16.6. The van der Waals surface area contributed by atoms with Crippen molar-refractivity contribution < 1.29 is 13.3 Å². The molecule has 0 N–H and O–H groups in total. The average Bonchev–Trinajstić information content (AvgIpc) is 2.89. The van der Waals surface area contributed by atoms with Crippen molar-refractivity contribution in [1.29, 1.82) is 0 Å². The van der Waals surface area contributed by atoms with E-state index in [0.29, 0.717) is 49.9 Å². The van der Waals surface area contributed by atoms with E-state index in [4.69, 9.17) is 0 Å². The molecule has 3 aromatic rings. The van der Waals surface area contributed by atoms with Crippen molar-refractivity contribution in [2.75, 3.05) is 42.5 Å². The Morgan fingerprint density at radius 1 is 0.806 bits per heavy atom. The van der Waals surface area contributed by atoms with Crippen LogP contribution in [0.15, 0.2) is 65.6 Å². The molecule has 2 aliphatic heterocycles. The number of aryl methyl sites for hydroxylation is 2. The highest BCUT2D eigenvalue weighted by atomic mass is 32.2. The SMILES string of the molecule is Cc1ccc(S(=O)(=O)N2CCN(c3ccc([N+](=O)[O-])c(N4CCc5ccccc5C4)c3)CC2)cc1C. The third-order valence-corrected chi connectivity index (χ3v) is 9.24. The number of nitro benzene ring substituents is 1. The van der Waals surface area contributed by atoms with Crippen molar-refractivity contribution in [3.05, 3.63) is 93.0 Å². The van der Waals surface area contributed by atoms with E-state index in [1.165, 1.54) is 15.4 Å². The van der Waals surface area contributed by atoms with Crippen molar-refractivity contribution in [3.8, 4) is 0 Å². The van der Waals surface area contributed by atoms with Crippen LogP contribution in [-0.2, 0) is 23.0 Å². The van der Waals surface area contributed by atoms with E-state index in [0.717, 1.165) is 23.2 Å². The van der Waals surface area contributed by atoms with Crippen molar-refractivity contribution in [3.63, 3.8) is 0 Å². The monoisotopic (exact) mass is 506 g/mol. The van der Waals surface area contributed by atoms with Gasteiger partial charge in [0.25, 0.3) is 5.69 Å². The summed E-state index contributed by atoms with van der Waals surface area (Å²) in [5.41, 5.74) is 6.06. The van der Waals surface area contributed by atoms with Gasteiger partial charge in [0.15, 0.2) is 0 Å². The van der Waals surface area contributed by atoms with Gasteiger partial charge in [0, 0.05) is 51.0 Å². The number of benzene rings is 3. The fourth-order valence-electron chi connectivity index (χ4n) is 5.03. The molecule has 0 aliphatic carbocycles. The number of hydrogen-bond acceptors (Lipinski definition) is 6. The van der Waals surface area contributed by atoms with Crippen LogP contribution in [0.25, 0.3) is 0 Å². The van der Waals surface area contributed by atoms with E-state index in [1.54, 1.807) is 24.3 Å². The van der Waals surface area contributed by atoms with Gasteiger partial charge >= 0.3 is 0 Å². The summed E-state index contributed by atoms with van der Waals surface area (Å²) >= 11 is 0. The highest BCUT2D eigenvalue weighted by Gasteiger charge is 2.30. The molecular weight excluding hydrogens is 476 g/mol. The van der Waals surface area contributed by atoms with Crippen LogP contribution in [0.5, 0.6) is 0 Å². The zero-order valence-corrected chi connectivity index (χ0v) is 21.4. The van der Waals surface area contributed by atoms with Crippen LogP contribution in [0, 0.1) is 24.0 Å². The van der Waals surface area contributed by atoms with E-state index >= 15 is 0 Å². The molecule has 8 nitrogen and oxygen atoms in total. The minimum Gasteiger partial charge on any atom is -0.369 e. The van der Waals surface area contributed by atoms with Crippen LogP contribution < -0.4 is 9.80 Å². The molecule has 0 saturated carbocycles. The Bertz CT molecular complexity index is 1420. The Balaban J connectivity index is 1.35. The second-order valence-electron chi connectivity index (χ2n) is 9.51. The van der Waals surface area contributed by atoms with Crippen LogP contribution >= 0.6 is 0 Å². The van der Waals surface area contributed by atoms with Crippen LogP contribution in [-0.4, -0.2) is 50.4 Å². The first kappa shape index (κ1) is 24.3. The zero-order chi connectivity index (χ0) is 25.4. The largest absolute Gasteiger partial charge is 0.369 e. The molecule has 2 heterocycles. The van der Waals surface area contributed by atoms with E-state index in [-0.39, 0.29) is 10.6 Å². The number of fused-ring (bicyclic) bond motifs is 1. The van der Waals surface area contributed by atoms with Gasteiger partial charge in [0.1, 0.15) is 5.69 Å². The summed E-state index contributed by atoms with van der Waals surface area (Å²) < 4.78 is 27.9. The van der Waals surface area contributed by atoms with Gasteiger partial charge in [-0.05, 0) is 66.8 Å². The Hall–Kier alpha value is -3.43. The van der Waals surface area contributed by atoms with Gasteiger partial charge in [-0.3, -0.25) is 10.1 Å². The molecule has 0 bridgehead atoms. The molecule has 2 aliphatic rings. The smallest absolute Gasteiger partial charge is 0.292 e. The Morgan fingerprint density at radius 3 is 2.22 bits per heavy atom. The van der Waals surface area contributed by atoms with Crippen molar-refractivity contribution in [1.82, 2.24) is 4.31 Å². The summed E-state index contributed by atoms with van der Waals surface area (Å²) in [6, 6.07) is 18.7. The lowest BCUT2D eigenvalue weighted by Gasteiger charge is -2.36. The second-order valence-corrected chi connectivity index (χ2v) is 11.4. The highest BCUT2D eigenvalue weighted by molar-refractivity contribution is 7.89. The van der Waals surface area contributed by atoms with Crippen LogP contribution in [0.4, 0.5) is 17.1 Å². The summed E-state index contributed by atoms with van der Waals surface area (Å²) in [6.45, 7) is 6.97. The second kappa shape index (κ2) is 9.55. The number of piperazine rings is 1. The van der Waals surface area contributed by atoms with E-state index < -0.39 is 10.0 Å². The maximum absolute atomic E-state index is 13.2. The van der Waals surface area contributed by atoms with Crippen molar-refractivity contribution >= 4 is 27.1 Å². The number of nitrogens with zero attached hydrogens (tertiary/aromatic N) is 4.